The molecule has 3 heterocycles. The van der Waals surface area contributed by atoms with Crippen molar-refractivity contribution in [2.75, 3.05) is 5.73 Å². The van der Waals surface area contributed by atoms with Gasteiger partial charge in [-0.1, -0.05) is 47.6 Å². The number of thiophene rings is 2. The molecule has 0 aromatic carbocycles. The molecule has 1 aliphatic carbocycles. The van der Waals surface area contributed by atoms with Gasteiger partial charge in [0.1, 0.15) is 4.83 Å². The van der Waals surface area contributed by atoms with Crippen LogP contribution in [-0.2, 0) is 12.8 Å². The van der Waals surface area contributed by atoms with Crippen molar-refractivity contribution < 1.29 is 4.79 Å². The second-order valence-electron chi connectivity index (χ2n) is 10.3. The number of nitrogens with two attached hydrogens (primary N) is 1. The van der Waals surface area contributed by atoms with Crippen LogP contribution in [0.2, 0.25) is 0 Å². The number of carbonyl (C=O) groups excluding carboxylic acids is 1. The molecule has 0 aliphatic heterocycles. The second-order valence-corrected chi connectivity index (χ2v) is 12.2. The van der Waals surface area contributed by atoms with Crippen molar-refractivity contribution in [2.45, 2.75) is 60.8 Å². The number of pyridine rings is 1. The molecule has 0 spiro atoms. The number of rotatable bonds is 2. The van der Waals surface area contributed by atoms with Crippen LogP contribution in [0.25, 0.3) is 20.0 Å². The summed E-state index contributed by atoms with van der Waals surface area (Å²) in [6.07, 6.45) is 2.93. The van der Waals surface area contributed by atoms with Gasteiger partial charge in [0.05, 0.1) is 10.6 Å². The van der Waals surface area contributed by atoms with Gasteiger partial charge in [0.2, 0.25) is 0 Å². The number of ketones is 1. The quantitative estimate of drug-likeness (QED) is 0.449. The van der Waals surface area contributed by atoms with E-state index in [1.54, 1.807) is 22.7 Å². The highest BCUT2D eigenvalue weighted by Crippen LogP contribution is 2.47. The fourth-order valence-electron chi connectivity index (χ4n) is 4.28. The monoisotopic (exact) mass is 426 g/mol. The predicted molar refractivity (Wildman–Crippen MR) is 126 cm³/mol. The molecule has 2 N–H and O–H groups in total. The van der Waals surface area contributed by atoms with Gasteiger partial charge in [-0.25, -0.2) is 4.98 Å². The Hall–Kier alpha value is -1.72. The first-order chi connectivity index (χ1) is 13.5. The molecule has 1 unspecified atom stereocenters. The Morgan fingerprint density at radius 3 is 2.52 bits per heavy atom. The molecular formula is C24H30N2OS2. The highest BCUT2D eigenvalue weighted by molar-refractivity contribution is 7.26. The van der Waals surface area contributed by atoms with Crippen molar-refractivity contribution >= 4 is 44.4 Å². The van der Waals surface area contributed by atoms with E-state index in [1.807, 2.05) is 26.8 Å². The number of anilines is 1. The standard InChI is InChI=1S/C24H30N2OS2/c1-23(2,3)13-9-10-14-15(12-13)26-22-18(17(14)21(27)24(4,5)6)19(25)20(29-22)16-8-7-11-28-16/h7-8,11,13H,9-10,12,25H2,1-6H3. The van der Waals surface area contributed by atoms with E-state index < -0.39 is 5.41 Å². The van der Waals surface area contributed by atoms with Crippen LogP contribution in [0.3, 0.4) is 0 Å². The fourth-order valence-corrected chi connectivity index (χ4v) is 6.28. The van der Waals surface area contributed by atoms with Gasteiger partial charge in [0.15, 0.2) is 5.78 Å². The molecule has 0 bridgehead atoms. The van der Waals surface area contributed by atoms with Gasteiger partial charge in [-0.15, -0.1) is 22.7 Å². The average Bonchev–Trinajstić information content (AvgIpc) is 3.25. The Labute approximate surface area is 181 Å². The Bertz CT molecular complexity index is 1080. The molecule has 0 saturated carbocycles. The Balaban J connectivity index is 1.99. The maximum Gasteiger partial charge on any atom is 0.169 e. The summed E-state index contributed by atoms with van der Waals surface area (Å²) >= 11 is 3.31. The SMILES string of the molecule is CC(C)(C)C(=O)c1c2c(nc3sc(-c4cccs4)c(N)c13)CC(C(C)(C)C)CC2. The second kappa shape index (κ2) is 6.92. The molecule has 1 atom stereocenters. The van der Waals surface area contributed by atoms with E-state index in [1.165, 1.54) is 0 Å². The zero-order valence-corrected chi connectivity index (χ0v) is 19.8. The Kier molecular flexibility index (Phi) is 4.90. The topological polar surface area (TPSA) is 56.0 Å². The predicted octanol–water partition coefficient (Wildman–Crippen LogP) is 6.99. The van der Waals surface area contributed by atoms with Gasteiger partial charge in [-0.2, -0.15) is 0 Å². The lowest BCUT2D eigenvalue weighted by Gasteiger charge is -2.35. The largest absolute Gasteiger partial charge is 0.397 e. The molecule has 0 saturated heterocycles. The van der Waals surface area contributed by atoms with E-state index in [4.69, 9.17) is 10.7 Å². The third kappa shape index (κ3) is 3.53. The maximum atomic E-state index is 13.6. The van der Waals surface area contributed by atoms with E-state index in [9.17, 15) is 4.79 Å². The number of fused-ring (bicyclic) bond motifs is 2. The number of hydrogen-bond donors (Lipinski definition) is 1. The molecule has 3 aromatic heterocycles. The van der Waals surface area contributed by atoms with Crippen molar-refractivity contribution in [3.05, 3.63) is 34.3 Å². The van der Waals surface area contributed by atoms with Crippen molar-refractivity contribution in [2.24, 2.45) is 16.7 Å². The van der Waals surface area contributed by atoms with Gasteiger partial charge in [-0.3, -0.25) is 4.79 Å². The van der Waals surface area contributed by atoms with Crippen molar-refractivity contribution in [3.8, 4) is 9.75 Å². The lowest BCUT2D eigenvalue weighted by Crippen LogP contribution is -2.30. The Morgan fingerprint density at radius 1 is 1.21 bits per heavy atom. The molecule has 0 radical (unpaired) electrons. The molecule has 3 aromatic rings. The van der Waals surface area contributed by atoms with E-state index in [0.717, 1.165) is 56.1 Å². The van der Waals surface area contributed by atoms with Crippen LogP contribution in [0.1, 0.15) is 69.6 Å². The smallest absolute Gasteiger partial charge is 0.169 e. The Morgan fingerprint density at radius 2 is 1.93 bits per heavy atom. The first kappa shape index (κ1) is 20.5. The minimum Gasteiger partial charge on any atom is -0.397 e. The number of nitrogens with zero attached hydrogens (tertiary/aromatic N) is 1. The summed E-state index contributed by atoms with van der Waals surface area (Å²) in [5.74, 6) is 0.754. The third-order valence-electron chi connectivity index (χ3n) is 6.12. The van der Waals surface area contributed by atoms with Crippen molar-refractivity contribution in [1.82, 2.24) is 4.98 Å². The first-order valence-corrected chi connectivity index (χ1v) is 12.0. The van der Waals surface area contributed by atoms with Gasteiger partial charge in [0.25, 0.3) is 0 Å². The average molecular weight is 427 g/mol. The molecule has 4 rings (SSSR count). The van der Waals surface area contributed by atoms with Crippen molar-refractivity contribution in [1.29, 1.82) is 0 Å². The van der Waals surface area contributed by atoms with Gasteiger partial charge in [0, 0.05) is 26.9 Å². The molecule has 0 amide bonds. The number of nitrogen functional groups attached to an aromatic ring is 1. The first-order valence-electron chi connectivity index (χ1n) is 10.3. The zero-order valence-electron chi connectivity index (χ0n) is 18.2. The molecular weight excluding hydrogens is 396 g/mol. The highest BCUT2D eigenvalue weighted by atomic mass is 32.1. The van der Waals surface area contributed by atoms with E-state index in [0.29, 0.717) is 11.6 Å². The van der Waals surface area contributed by atoms with E-state index >= 15 is 0 Å². The van der Waals surface area contributed by atoms with Gasteiger partial charge < -0.3 is 5.73 Å². The molecule has 1 aliphatic rings. The lowest BCUT2D eigenvalue weighted by atomic mass is 9.70. The van der Waals surface area contributed by atoms with Crippen LogP contribution >= 0.6 is 22.7 Å². The van der Waals surface area contributed by atoms with E-state index in [-0.39, 0.29) is 11.2 Å². The third-order valence-corrected chi connectivity index (χ3v) is 8.27. The van der Waals surface area contributed by atoms with Crippen LogP contribution < -0.4 is 5.73 Å². The van der Waals surface area contributed by atoms with Crippen LogP contribution in [0, 0.1) is 16.7 Å². The summed E-state index contributed by atoms with van der Waals surface area (Å²) in [7, 11) is 0. The number of aromatic nitrogens is 1. The molecule has 154 valence electrons. The van der Waals surface area contributed by atoms with Crippen LogP contribution in [0.15, 0.2) is 17.5 Å². The minimum atomic E-state index is -0.458. The summed E-state index contributed by atoms with van der Waals surface area (Å²) < 4.78 is 0. The fraction of sp³-hybridized carbons (Fsp3) is 0.500. The molecule has 29 heavy (non-hydrogen) atoms. The van der Waals surface area contributed by atoms with E-state index in [2.05, 4.69) is 32.2 Å². The van der Waals surface area contributed by atoms with Gasteiger partial charge in [-0.05, 0) is 47.6 Å². The summed E-state index contributed by atoms with van der Waals surface area (Å²) in [5.41, 5.74) is 10.2. The summed E-state index contributed by atoms with van der Waals surface area (Å²) in [5, 5.41) is 2.94. The summed E-state index contributed by atoms with van der Waals surface area (Å²) in [4.78, 5) is 21.8. The van der Waals surface area contributed by atoms with Crippen LogP contribution in [0.5, 0.6) is 0 Å². The number of hydrogen-bond acceptors (Lipinski definition) is 5. The normalized spacial score (nSPS) is 17.5. The number of Topliss-reactive ketones (excluding diaryl/α,β-unsaturated/α-hetero) is 1. The van der Waals surface area contributed by atoms with Crippen LogP contribution in [0.4, 0.5) is 5.69 Å². The minimum absolute atomic E-state index is 0.178. The molecule has 5 heteroatoms. The molecule has 3 nitrogen and oxygen atoms in total. The summed E-state index contributed by atoms with van der Waals surface area (Å²) in [6, 6.07) is 4.13. The van der Waals surface area contributed by atoms with Crippen molar-refractivity contribution in [3.63, 3.8) is 0 Å². The maximum absolute atomic E-state index is 13.6. The van der Waals surface area contributed by atoms with Gasteiger partial charge >= 0.3 is 0 Å². The molecule has 0 fully saturated rings. The lowest BCUT2D eigenvalue weighted by molar-refractivity contribution is 0.0858. The zero-order chi connectivity index (χ0) is 21.1. The summed E-state index contributed by atoms with van der Waals surface area (Å²) in [6.45, 7) is 12.9. The van der Waals surface area contributed by atoms with Crippen LogP contribution in [-0.4, -0.2) is 10.8 Å². The number of carbonyl (C=O) groups is 1. The highest BCUT2D eigenvalue weighted by Gasteiger charge is 2.36.